The Balaban J connectivity index is 2.50. The highest BCUT2D eigenvalue weighted by Gasteiger charge is 2.03. The summed E-state index contributed by atoms with van der Waals surface area (Å²) in [4.78, 5) is 3.69. The minimum Gasteiger partial charge on any atom is -0.399 e. The summed E-state index contributed by atoms with van der Waals surface area (Å²) in [5.41, 5.74) is 7.55. The quantitative estimate of drug-likeness (QED) is 0.698. The zero-order valence-electron chi connectivity index (χ0n) is 7.44. The van der Waals surface area contributed by atoms with Gasteiger partial charge in [-0.2, -0.15) is 0 Å². The van der Waals surface area contributed by atoms with E-state index in [9.17, 15) is 4.39 Å². The van der Waals surface area contributed by atoms with Gasteiger partial charge in [-0.3, -0.25) is 4.98 Å². The maximum atomic E-state index is 13.3. The Bertz CT molecular complexity index is 437. The van der Waals surface area contributed by atoms with E-state index >= 15 is 0 Å². The Kier molecular flexibility index (Phi) is 2.14. The third-order valence-electron chi connectivity index (χ3n) is 1.99. The molecule has 0 bridgehead atoms. The summed E-state index contributed by atoms with van der Waals surface area (Å²) in [5.74, 6) is -0.322. The van der Waals surface area contributed by atoms with Gasteiger partial charge in [0.2, 0.25) is 0 Å². The normalized spacial score (nSPS) is 10.1. The van der Waals surface area contributed by atoms with Gasteiger partial charge in [0.15, 0.2) is 0 Å². The van der Waals surface area contributed by atoms with Crippen molar-refractivity contribution in [2.75, 3.05) is 5.73 Å². The van der Waals surface area contributed by atoms with Gasteiger partial charge in [0.25, 0.3) is 0 Å². The molecule has 0 fully saturated rings. The Labute approximate surface area is 81.2 Å². The van der Waals surface area contributed by atoms with Crippen molar-refractivity contribution >= 4 is 5.69 Å². The summed E-state index contributed by atoms with van der Waals surface area (Å²) < 4.78 is 13.3. The largest absolute Gasteiger partial charge is 0.399 e. The van der Waals surface area contributed by atoms with E-state index in [4.69, 9.17) is 5.73 Å². The summed E-state index contributed by atoms with van der Waals surface area (Å²) in [5, 5.41) is 0. The second-order valence-corrected chi connectivity index (χ2v) is 2.98. The second kappa shape index (κ2) is 3.46. The minimum absolute atomic E-state index is 0.322. The third kappa shape index (κ3) is 1.57. The fraction of sp³-hybridized carbons (Fsp3) is 0. The number of halogens is 1. The molecule has 0 aliphatic heterocycles. The number of anilines is 1. The maximum Gasteiger partial charge on any atom is 0.149 e. The number of aromatic nitrogens is 1. The molecule has 0 saturated carbocycles. The van der Waals surface area contributed by atoms with Crippen LogP contribution in [0.5, 0.6) is 0 Å². The van der Waals surface area contributed by atoms with Crippen LogP contribution < -0.4 is 5.73 Å². The lowest BCUT2D eigenvalue weighted by Gasteiger charge is -2.02. The standard InChI is InChI=1S/C11H9FN2/c12-11-7-14-6-5-10(11)8-1-3-9(13)4-2-8/h1-7H,13H2. The van der Waals surface area contributed by atoms with Crippen molar-refractivity contribution in [2.45, 2.75) is 0 Å². The number of hydrogen-bond donors (Lipinski definition) is 1. The monoisotopic (exact) mass is 188 g/mol. The van der Waals surface area contributed by atoms with Gasteiger partial charge in [-0.1, -0.05) is 12.1 Å². The number of rotatable bonds is 1. The van der Waals surface area contributed by atoms with Crippen molar-refractivity contribution in [2.24, 2.45) is 0 Å². The summed E-state index contributed by atoms with van der Waals surface area (Å²) >= 11 is 0. The van der Waals surface area contributed by atoms with Crippen molar-refractivity contribution < 1.29 is 4.39 Å². The molecule has 3 heteroatoms. The average molecular weight is 188 g/mol. The Morgan fingerprint density at radius 2 is 1.79 bits per heavy atom. The molecule has 2 nitrogen and oxygen atoms in total. The van der Waals surface area contributed by atoms with Gasteiger partial charge in [-0.15, -0.1) is 0 Å². The molecule has 70 valence electrons. The molecule has 0 aliphatic carbocycles. The van der Waals surface area contributed by atoms with Gasteiger partial charge < -0.3 is 5.73 Å². The van der Waals surface area contributed by atoms with Crippen LogP contribution in [0.15, 0.2) is 42.7 Å². The van der Waals surface area contributed by atoms with Gasteiger partial charge in [0, 0.05) is 17.4 Å². The van der Waals surface area contributed by atoms with E-state index in [2.05, 4.69) is 4.98 Å². The smallest absolute Gasteiger partial charge is 0.149 e. The lowest BCUT2D eigenvalue weighted by atomic mass is 10.1. The summed E-state index contributed by atoms with van der Waals surface area (Å²) in [6.07, 6.45) is 2.76. The highest BCUT2D eigenvalue weighted by molar-refractivity contribution is 5.65. The van der Waals surface area contributed by atoms with Crippen LogP contribution in [-0.2, 0) is 0 Å². The van der Waals surface area contributed by atoms with Crippen molar-refractivity contribution in [3.63, 3.8) is 0 Å². The number of benzene rings is 1. The minimum atomic E-state index is -0.322. The van der Waals surface area contributed by atoms with Gasteiger partial charge in [0.1, 0.15) is 5.82 Å². The molecule has 2 aromatic rings. The van der Waals surface area contributed by atoms with Gasteiger partial charge in [0.05, 0.1) is 6.20 Å². The number of nitrogens with two attached hydrogens (primary N) is 1. The van der Waals surface area contributed by atoms with Crippen LogP contribution in [0.4, 0.5) is 10.1 Å². The first-order chi connectivity index (χ1) is 6.77. The van der Waals surface area contributed by atoms with Crippen molar-refractivity contribution in [3.05, 3.63) is 48.5 Å². The lowest BCUT2D eigenvalue weighted by Crippen LogP contribution is -1.87. The molecule has 1 aromatic heterocycles. The number of nitrogen functional groups attached to an aromatic ring is 1. The van der Waals surface area contributed by atoms with Crippen LogP contribution in [0.25, 0.3) is 11.1 Å². The number of pyridine rings is 1. The van der Waals surface area contributed by atoms with Crippen LogP contribution in [0, 0.1) is 5.82 Å². The first-order valence-corrected chi connectivity index (χ1v) is 4.23. The molecule has 0 unspecified atom stereocenters. The van der Waals surface area contributed by atoms with E-state index < -0.39 is 0 Å². The van der Waals surface area contributed by atoms with Crippen LogP contribution in [0.3, 0.4) is 0 Å². The molecule has 2 rings (SSSR count). The molecule has 2 N–H and O–H groups in total. The molecule has 0 spiro atoms. The Morgan fingerprint density at radius 1 is 1.07 bits per heavy atom. The van der Waals surface area contributed by atoms with E-state index in [0.29, 0.717) is 11.3 Å². The van der Waals surface area contributed by atoms with E-state index in [-0.39, 0.29) is 5.82 Å². The topological polar surface area (TPSA) is 38.9 Å². The highest BCUT2D eigenvalue weighted by atomic mass is 19.1. The van der Waals surface area contributed by atoms with Crippen LogP contribution >= 0.6 is 0 Å². The fourth-order valence-corrected chi connectivity index (χ4v) is 1.27. The predicted molar refractivity (Wildman–Crippen MR) is 54.0 cm³/mol. The van der Waals surface area contributed by atoms with Gasteiger partial charge in [-0.25, -0.2) is 4.39 Å². The molecule has 1 aromatic carbocycles. The van der Waals surface area contributed by atoms with E-state index in [1.807, 2.05) is 0 Å². The molecular formula is C11H9FN2. The predicted octanol–water partition coefficient (Wildman–Crippen LogP) is 2.47. The second-order valence-electron chi connectivity index (χ2n) is 2.98. The SMILES string of the molecule is Nc1ccc(-c2ccncc2F)cc1. The van der Waals surface area contributed by atoms with Crippen molar-refractivity contribution in [1.82, 2.24) is 4.98 Å². The van der Waals surface area contributed by atoms with Crippen LogP contribution in [-0.4, -0.2) is 4.98 Å². The van der Waals surface area contributed by atoms with Crippen LogP contribution in [0.1, 0.15) is 0 Å². The third-order valence-corrected chi connectivity index (χ3v) is 1.99. The van der Waals surface area contributed by atoms with Gasteiger partial charge in [-0.05, 0) is 23.8 Å². The maximum absolute atomic E-state index is 13.3. The molecular weight excluding hydrogens is 179 g/mol. The van der Waals surface area contributed by atoms with Crippen LogP contribution in [0.2, 0.25) is 0 Å². The van der Waals surface area contributed by atoms with E-state index in [0.717, 1.165) is 5.56 Å². The average Bonchev–Trinajstić information content (AvgIpc) is 2.20. The summed E-state index contributed by atoms with van der Waals surface area (Å²) in [7, 11) is 0. The zero-order valence-corrected chi connectivity index (χ0v) is 7.44. The zero-order chi connectivity index (χ0) is 9.97. The molecule has 0 amide bonds. The van der Waals surface area contributed by atoms with E-state index in [1.165, 1.54) is 6.20 Å². The van der Waals surface area contributed by atoms with Crippen molar-refractivity contribution in [3.8, 4) is 11.1 Å². The lowest BCUT2D eigenvalue weighted by molar-refractivity contribution is 0.625. The first kappa shape index (κ1) is 8.69. The Morgan fingerprint density at radius 3 is 2.43 bits per heavy atom. The molecule has 0 radical (unpaired) electrons. The fourth-order valence-electron chi connectivity index (χ4n) is 1.27. The number of hydrogen-bond acceptors (Lipinski definition) is 2. The molecule has 14 heavy (non-hydrogen) atoms. The summed E-state index contributed by atoms with van der Waals surface area (Å²) in [6.45, 7) is 0. The summed E-state index contributed by atoms with van der Waals surface area (Å²) in [6, 6.07) is 8.70. The first-order valence-electron chi connectivity index (χ1n) is 4.23. The Hall–Kier alpha value is -1.90. The van der Waals surface area contributed by atoms with Crippen molar-refractivity contribution in [1.29, 1.82) is 0 Å². The molecule has 1 heterocycles. The van der Waals surface area contributed by atoms with E-state index in [1.54, 1.807) is 36.5 Å². The number of nitrogens with zero attached hydrogens (tertiary/aromatic N) is 1. The van der Waals surface area contributed by atoms with Gasteiger partial charge >= 0.3 is 0 Å². The molecule has 0 aliphatic rings. The molecule has 0 atom stereocenters. The molecule has 0 saturated heterocycles. The highest BCUT2D eigenvalue weighted by Crippen LogP contribution is 2.22.